The van der Waals surface area contributed by atoms with Gasteiger partial charge >= 0.3 is 0 Å². The van der Waals surface area contributed by atoms with Crippen LogP contribution in [0.1, 0.15) is 11.9 Å². The van der Waals surface area contributed by atoms with Gasteiger partial charge < -0.3 is 9.73 Å². The fraction of sp³-hybridized carbons (Fsp3) is 0.0833. The molecule has 0 spiro atoms. The zero-order chi connectivity index (χ0) is 10.1. The molecular weight excluding hydrogens is 188 g/mol. The van der Waals surface area contributed by atoms with E-state index in [-0.39, 0.29) is 6.04 Å². The van der Waals surface area contributed by atoms with Gasteiger partial charge in [0.15, 0.2) is 5.58 Å². The van der Waals surface area contributed by atoms with Gasteiger partial charge in [0.25, 0.3) is 0 Å². The molecule has 0 bridgehead atoms. The molecule has 3 rings (SSSR count). The van der Waals surface area contributed by atoms with Crippen LogP contribution in [0, 0.1) is 0 Å². The number of dihydropyridines is 1. The standard InChI is InChI=1S/C12H10N2O/c1-2-7-11-9(5-1)14-12(15-11)10-6-3-4-8-13-10/h1-8,10,13H. The molecule has 1 aliphatic rings. The van der Waals surface area contributed by atoms with Crippen LogP contribution in [0.2, 0.25) is 0 Å². The number of hydrogen-bond acceptors (Lipinski definition) is 3. The van der Waals surface area contributed by atoms with Crippen molar-refractivity contribution in [3.63, 3.8) is 0 Å². The van der Waals surface area contributed by atoms with Gasteiger partial charge in [-0.1, -0.05) is 24.3 Å². The third-order valence-electron chi connectivity index (χ3n) is 2.36. The Bertz CT molecular complexity index is 506. The zero-order valence-electron chi connectivity index (χ0n) is 8.05. The Labute approximate surface area is 87.1 Å². The van der Waals surface area contributed by atoms with Gasteiger partial charge in [-0.3, -0.25) is 0 Å². The second-order valence-electron chi connectivity index (χ2n) is 3.41. The molecule has 0 radical (unpaired) electrons. The number of aromatic nitrogens is 1. The predicted octanol–water partition coefficient (Wildman–Crippen LogP) is 2.54. The van der Waals surface area contributed by atoms with Crippen LogP contribution >= 0.6 is 0 Å². The van der Waals surface area contributed by atoms with Crippen molar-refractivity contribution in [2.75, 3.05) is 0 Å². The molecule has 0 saturated heterocycles. The summed E-state index contributed by atoms with van der Waals surface area (Å²) in [5.74, 6) is 0.705. The lowest BCUT2D eigenvalue weighted by Crippen LogP contribution is -2.14. The van der Waals surface area contributed by atoms with Crippen molar-refractivity contribution >= 4 is 11.1 Å². The van der Waals surface area contributed by atoms with E-state index in [1.807, 2.05) is 48.7 Å². The van der Waals surface area contributed by atoms with Crippen molar-refractivity contribution in [3.05, 3.63) is 54.6 Å². The van der Waals surface area contributed by atoms with Crippen molar-refractivity contribution in [1.82, 2.24) is 10.3 Å². The number of benzene rings is 1. The first-order valence-corrected chi connectivity index (χ1v) is 4.88. The normalized spacial score (nSPS) is 19.3. The Hall–Kier alpha value is -2.03. The van der Waals surface area contributed by atoms with Crippen molar-refractivity contribution in [1.29, 1.82) is 0 Å². The molecular formula is C12H10N2O. The Morgan fingerprint density at radius 1 is 1.20 bits per heavy atom. The second kappa shape index (κ2) is 3.28. The van der Waals surface area contributed by atoms with Crippen LogP contribution in [0.15, 0.2) is 53.1 Å². The van der Waals surface area contributed by atoms with Crippen LogP contribution in [-0.2, 0) is 0 Å². The summed E-state index contributed by atoms with van der Waals surface area (Å²) in [6.07, 6.45) is 7.83. The van der Waals surface area contributed by atoms with Crippen molar-refractivity contribution in [3.8, 4) is 0 Å². The maximum atomic E-state index is 5.65. The summed E-state index contributed by atoms with van der Waals surface area (Å²) in [7, 11) is 0. The van der Waals surface area contributed by atoms with Crippen LogP contribution < -0.4 is 5.32 Å². The third-order valence-corrected chi connectivity index (χ3v) is 2.36. The molecule has 1 aromatic carbocycles. The number of allylic oxidation sites excluding steroid dienone is 2. The summed E-state index contributed by atoms with van der Waals surface area (Å²) in [6, 6.07) is 7.82. The molecule has 1 unspecified atom stereocenters. The van der Waals surface area contributed by atoms with Gasteiger partial charge in [0.1, 0.15) is 11.6 Å². The number of rotatable bonds is 1. The van der Waals surface area contributed by atoms with Gasteiger partial charge in [0, 0.05) is 0 Å². The van der Waals surface area contributed by atoms with E-state index in [1.165, 1.54) is 0 Å². The minimum Gasteiger partial charge on any atom is -0.438 e. The molecule has 74 valence electrons. The number of hydrogen-bond donors (Lipinski definition) is 1. The molecule has 1 atom stereocenters. The highest BCUT2D eigenvalue weighted by Gasteiger charge is 2.14. The lowest BCUT2D eigenvalue weighted by atomic mass is 10.2. The first-order valence-electron chi connectivity index (χ1n) is 4.88. The SMILES string of the molecule is C1=CNC(c2nc3ccccc3o2)C=C1. The van der Waals surface area contributed by atoms with E-state index in [4.69, 9.17) is 4.42 Å². The minimum absolute atomic E-state index is 0.0439. The summed E-state index contributed by atoms with van der Waals surface area (Å²) < 4.78 is 5.65. The largest absolute Gasteiger partial charge is 0.438 e. The molecule has 0 aliphatic carbocycles. The lowest BCUT2D eigenvalue weighted by molar-refractivity contribution is 0.485. The predicted molar refractivity (Wildman–Crippen MR) is 58.2 cm³/mol. The Morgan fingerprint density at radius 2 is 2.13 bits per heavy atom. The van der Waals surface area contributed by atoms with Crippen molar-refractivity contribution < 1.29 is 4.42 Å². The van der Waals surface area contributed by atoms with Crippen LogP contribution in [0.5, 0.6) is 0 Å². The van der Waals surface area contributed by atoms with Gasteiger partial charge in [-0.05, 0) is 24.4 Å². The summed E-state index contributed by atoms with van der Waals surface area (Å²) in [4.78, 5) is 4.42. The van der Waals surface area contributed by atoms with Crippen LogP contribution in [0.3, 0.4) is 0 Å². The van der Waals surface area contributed by atoms with Gasteiger partial charge in [-0.15, -0.1) is 0 Å². The molecule has 1 aliphatic heterocycles. The molecule has 3 heteroatoms. The van der Waals surface area contributed by atoms with E-state index >= 15 is 0 Å². The molecule has 0 saturated carbocycles. The highest BCUT2D eigenvalue weighted by molar-refractivity contribution is 5.72. The van der Waals surface area contributed by atoms with Crippen LogP contribution in [-0.4, -0.2) is 4.98 Å². The Kier molecular flexibility index (Phi) is 1.81. The number of nitrogens with one attached hydrogen (secondary N) is 1. The molecule has 0 fully saturated rings. The lowest BCUT2D eigenvalue weighted by Gasteiger charge is -2.10. The number of oxazole rings is 1. The summed E-state index contributed by atoms with van der Waals surface area (Å²) in [5.41, 5.74) is 1.73. The molecule has 3 nitrogen and oxygen atoms in total. The molecule has 1 N–H and O–H groups in total. The van der Waals surface area contributed by atoms with Gasteiger partial charge in [0.2, 0.25) is 5.89 Å². The van der Waals surface area contributed by atoms with Crippen LogP contribution in [0.25, 0.3) is 11.1 Å². The Balaban J connectivity index is 2.04. The fourth-order valence-electron chi connectivity index (χ4n) is 1.62. The quantitative estimate of drug-likeness (QED) is 0.765. The summed E-state index contributed by atoms with van der Waals surface area (Å²) in [6.45, 7) is 0. The Morgan fingerprint density at radius 3 is 2.93 bits per heavy atom. The minimum atomic E-state index is 0.0439. The highest BCUT2D eigenvalue weighted by Crippen LogP contribution is 2.21. The van der Waals surface area contributed by atoms with E-state index in [0.29, 0.717) is 5.89 Å². The second-order valence-corrected chi connectivity index (χ2v) is 3.41. The molecule has 15 heavy (non-hydrogen) atoms. The van der Waals surface area contributed by atoms with E-state index < -0.39 is 0 Å². The van der Waals surface area contributed by atoms with Crippen molar-refractivity contribution in [2.24, 2.45) is 0 Å². The van der Waals surface area contributed by atoms with Crippen LogP contribution in [0.4, 0.5) is 0 Å². The van der Waals surface area contributed by atoms with Gasteiger partial charge in [-0.25, -0.2) is 4.98 Å². The van der Waals surface area contributed by atoms with Crippen molar-refractivity contribution in [2.45, 2.75) is 6.04 Å². The maximum Gasteiger partial charge on any atom is 0.222 e. The van der Waals surface area contributed by atoms with Gasteiger partial charge in [0.05, 0.1) is 0 Å². The summed E-state index contributed by atoms with van der Waals surface area (Å²) in [5, 5.41) is 3.17. The first-order chi connectivity index (χ1) is 7.43. The number of nitrogens with zero attached hydrogens (tertiary/aromatic N) is 1. The van der Waals surface area contributed by atoms with E-state index in [9.17, 15) is 0 Å². The summed E-state index contributed by atoms with van der Waals surface area (Å²) >= 11 is 0. The van der Waals surface area contributed by atoms with E-state index in [1.54, 1.807) is 0 Å². The highest BCUT2D eigenvalue weighted by atomic mass is 16.3. The zero-order valence-corrected chi connectivity index (χ0v) is 8.05. The van der Waals surface area contributed by atoms with E-state index in [2.05, 4.69) is 10.3 Å². The van der Waals surface area contributed by atoms with E-state index in [0.717, 1.165) is 11.1 Å². The monoisotopic (exact) mass is 198 g/mol. The molecule has 2 heterocycles. The molecule has 1 aromatic heterocycles. The average Bonchev–Trinajstić information content (AvgIpc) is 2.74. The van der Waals surface area contributed by atoms with Gasteiger partial charge in [-0.2, -0.15) is 0 Å². The maximum absolute atomic E-state index is 5.65. The number of fused-ring (bicyclic) bond motifs is 1. The first kappa shape index (κ1) is 8.29. The smallest absolute Gasteiger partial charge is 0.222 e. The third kappa shape index (κ3) is 1.42. The average molecular weight is 198 g/mol. The number of para-hydroxylation sites is 2. The molecule has 2 aromatic rings. The molecule has 0 amide bonds. The topological polar surface area (TPSA) is 38.1 Å². The fourth-order valence-corrected chi connectivity index (χ4v) is 1.62.